The van der Waals surface area contributed by atoms with E-state index < -0.39 is 0 Å². The second kappa shape index (κ2) is 5.82. The van der Waals surface area contributed by atoms with Gasteiger partial charge in [-0.15, -0.1) is 0 Å². The molecule has 4 heteroatoms. The Balaban J connectivity index is 1.27. The molecule has 0 aromatic heterocycles. The fourth-order valence-corrected chi connectivity index (χ4v) is 5.84. The van der Waals surface area contributed by atoms with Gasteiger partial charge in [-0.25, -0.2) is 0 Å². The molecule has 29 heavy (non-hydrogen) atoms. The van der Waals surface area contributed by atoms with Crippen LogP contribution in [0.3, 0.4) is 0 Å². The number of rotatable bonds is 3. The molecule has 146 valence electrons. The molecule has 1 saturated heterocycles. The third-order valence-electron chi connectivity index (χ3n) is 7.54. The summed E-state index contributed by atoms with van der Waals surface area (Å²) in [4.78, 5) is 27.8. The first-order valence-electron chi connectivity index (χ1n) is 10.4. The molecule has 3 fully saturated rings. The van der Waals surface area contributed by atoms with Crippen molar-refractivity contribution in [1.82, 2.24) is 0 Å². The molecule has 4 nitrogen and oxygen atoms in total. The van der Waals surface area contributed by atoms with E-state index in [1.807, 2.05) is 43.3 Å². The standard InChI is InChI=1S/C25H23NO3/c1-13-4-3-5-21(14(13)2)29-16-8-6-15(7-9-16)26-24(27)22-17-10-11-18(20-12-19(17)20)23(22)25(26)28/h3-11,17-20,22-23H,12H2,1-2H3/t17-,18-,19-,20-,22+,23+/m0/s1. The van der Waals surface area contributed by atoms with Crippen LogP contribution in [0.15, 0.2) is 54.6 Å². The van der Waals surface area contributed by atoms with Crippen molar-refractivity contribution in [2.45, 2.75) is 20.3 Å². The maximum atomic E-state index is 13.2. The number of carbonyl (C=O) groups excluding carboxylic acids is 2. The van der Waals surface area contributed by atoms with E-state index in [0.717, 1.165) is 11.3 Å². The Hall–Kier alpha value is -2.88. The highest BCUT2D eigenvalue weighted by atomic mass is 16.5. The van der Waals surface area contributed by atoms with Crippen LogP contribution in [0, 0.1) is 49.4 Å². The van der Waals surface area contributed by atoms with Gasteiger partial charge in [0.1, 0.15) is 11.5 Å². The maximum Gasteiger partial charge on any atom is 0.238 e. The van der Waals surface area contributed by atoms with E-state index in [0.29, 0.717) is 23.3 Å². The van der Waals surface area contributed by atoms with Crippen molar-refractivity contribution in [2.24, 2.45) is 35.5 Å². The SMILES string of the molecule is Cc1cccc(Oc2ccc(N3C(=O)[C@@H]4[C@H]5C=C[C@@H]([C@@H]6C[C@@H]56)[C@H]4C3=O)cc2)c1C. The van der Waals surface area contributed by atoms with Gasteiger partial charge < -0.3 is 4.74 Å². The normalized spacial score (nSPS) is 33.7. The molecule has 0 radical (unpaired) electrons. The lowest BCUT2D eigenvalue weighted by molar-refractivity contribution is -0.124. The molecular formula is C25H23NO3. The summed E-state index contributed by atoms with van der Waals surface area (Å²) in [5.74, 6) is 2.90. The minimum Gasteiger partial charge on any atom is -0.457 e. The number of anilines is 1. The third kappa shape index (κ3) is 2.32. The van der Waals surface area contributed by atoms with Crippen LogP contribution in [0.25, 0.3) is 0 Å². The summed E-state index contributed by atoms with van der Waals surface area (Å²) in [6, 6.07) is 13.3. The smallest absolute Gasteiger partial charge is 0.238 e. The monoisotopic (exact) mass is 385 g/mol. The van der Waals surface area contributed by atoms with Crippen molar-refractivity contribution in [3.05, 3.63) is 65.7 Å². The molecule has 1 heterocycles. The Bertz CT molecular complexity index is 1030. The van der Waals surface area contributed by atoms with E-state index in [9.17, 15) is 9.59 Å². The Labute approximate surface area is 170 Å². The molecule has 2 saturated carbocycles. The number of aryl methyl sites for hydroxylation is 1. The molecule has 2 amide bonds. The van der Waals surface area contributed by atoms with Gasteiger partial charge in [0.15, 0.2) is 0 Å². The van der Waals surface area contributed by atoms with E-state index in [4.69, 9.17) is 4.74 Å². The molecule has 0 unspecified atom stereocenters. The van der Waals surface area contributed by atoms with Crippen molar-refractivity contribution in [1.29, 1.82) is 0 Å². The van der Waals surface area contributed by atoms with E-state index in [-0.39, 0.29) is 35.5 Å². The lowest BCUT2D eigenvalue weighted by atomic mass is 9.63. The minimum atomic E-state index is -0.160. The van der Waals surface area contributed by atoms with Crippen molar-refractivity contribution in [3.8, 4) is 11.5 Å². The van der Waals surface area contributed by atoms with Gasteiger partial charge in [-0.3, -0.25) is 14.5 Å². The molecule has 5 aliphatic rings. The van der Waals surface area contributed by atoms with Gasteiger partial charge in [-0.05, 0) is 85.4 Å². The predicted molar refractivity (Wildman–Crippen MR) is 110 cm³/mol. The quantitative estimate of drug-likeness (QED) is 0.571. The van der Waals surface area contributed by atoms with Gasteiger partial charge in [0.05, 0.1) is 17.5 Å². The molecule has 6 atom stereocenters. The zero-order valence-electron chi connectivity index (χ0n) is 16.5. The highest BCUT2D eigenvalue weighted by Crippen LogP contribution is 2.65. The Kier molecular flexibility index (Phi) is 3.41. The van der Waals surface area contributed by atoms with Gasteiger partial charge in [0.25, 0.3) is 0 Å². The summed E-state index contributed by atoms with van der Waals surface area (Å²) in [7, 11) is 0. The topological polar surface area (TPSA) is 46.6 Å². The number of imide groups is 1. The second-order valence-corrected chi connectivity index (χ2v) is 8.96. The number of hydrogen-bond acceptors (Lipinski definition) is 3. The summed E-state index contributed by atoms with van der Waals surface area (Å²) in [6.07, 6.45) is 5.59. The van der Waals surface area contributed by atoms with Crippen molar-refractivity contribution >= 4 is 17.5 Å². The predicted octanol–water partition coefficient (Wildman–Crippen LogP) is 4.65. The zero-order chi connectivity index (χ0) is 19.9. The molecular weight excluding hydrogens is 362 g/mol. The van der Waals surface area contributed by atoms with Crippen LogP contribution in [0.5, 0.6) is 11.5 Å². The number of benzene rings is 2. The van der Waals surface area contributed by atoms with E-state index in [1.165, 1.54) is 16.9 Å². The number of ether oxygens (including phenoxy) is 1. The van der Waals surface area contributed by atoms with E-state index in [2.05, 4.69) is 25.1 Å². The molecule has 2 aromatic carbocycles. The van der Waals surface area contributed by atoms with Crippen LogP contribution < -0.4 is 9.64 Å². The number of nitrogens with zero attached hydrogens (tertiary/aromatic N) is 1. The minimum absolute atomic E-state index is 0.0205. The first kappa shape index (κ1) is 17.0. The van der Waals surface area contributed by atoms with Gasteiger partial charge >= 0.3 is 0 Å². The summed E-state index contributed by atoms with van der Waals surface area (Å²) in [6.45, 7) is 4.09. The van der Waals surface area contributed by atoms with Crippen LogP contribution in [0.2, 0.25) is 0 Å². The number of allylic oxidation sites excluding steroid dienone is 2. The van der Waals surface area contributed by atoms with Crippen molar-refractivity contribution in [3.63, 3.8) is 0 Å². The average Bonchev–Trinajstić information content (AvgIpc) is 3.50. The van der Waals surface area contributed by atoms with Gasteiger partial charge in [-0.2, -0.15) is 0 Å². The summed E-state index contributed by atoms with van der Waals surface area (Å²) >= 11 is 0. The molecule has 2 aromatic rings. The van der Waals surface area contributed by atoms with Crippen LogP contribution in [0.4, 0.5) is 5.69 Å². The largest absolute Gasteiger partial charge is 0.457 e. The van der Waals surface area contributed by atoms with Crippen molar-refractivity contribution < 1.29 is 14.3 Å². The molecule has 2 bridgehead atoms. The highest BCUT2D eigenvalue weighted by Gasteiger charge is 2.67. The van der Waals surface area contributed by atoms with Gasteiger partial charge in [-0.1, -0.05) is 24.3 Å². The Morgan fingerprint density at radius 1 is 0.862 bits per heavy atom. The summed E-state index contributed by atoms with van der Waals surface area (Å²) < 4.78 is 6.02. The second-order valence-electron chi connectivity index (χ2n) is 8.96. The lowest BCUT2D eigenvalue weighted by Crippen LogP contribution is -2.40. The van der Waals surface area contributed by atoms with Crippen molar-refractivity contribution in [2.75, 3.05) is 4.90 Å². The highest BCUT2D eigenvalue weighted by molar-refractivity contribution is 6.22. The van der Waals surface area contributed by atoms with Crippen LogP contribution in [-0.4, -0.2) is 11.8 Å². The zero-order valence-corrected chi connectivity index (χ0v) is 16.5. The third-order valence-corrected chi connectivity index (χ3v) is 7.54. The van der Waals surface area contributed by atoms with E-state index in [1.54, 1.807) is 0 Å². The molecule has 0 N–H and O–H groups in total. The molecule has 7 rings (SSSR count). The average molecular weight is 385 g/mol. The summed E-state index contributed by atoms with van der Waals surface area (Å²) in [5.41, 5.74) is 2.93. The Morgan fingerprint density at radius 3 is 2.10 bits per heavy atom. The first-order chi connectivity index (χ1) is 14.0. The molecule has 1 aliphatic heterocycles. The maximum absolute atomic E-state index is 13.2. The molecule has 0 spiro atoms. The summed E-state index contributed by atoms with van der Waals surface area (Å²) in [5, 5.41) is 0. The first-order valence-corrected chi connectivity index (χ1v) is 10.4. The van der Waals surface area contributed by atoms with Crippen LogP contribution in [0.1, 0.15) is 17.5 Å². The van der Waals surface area contributed by atoms with Gasteiger partial charge in [0.2, 0.25) is 11.8 Å². The number of hydrogen-bond donors (Lipinski definition) is 0. The van der Waals surface area contributed by atoms with Gasteiger partial charge in [0, 0.05) is 0 Å². The fraction of sp³-hybridized carbons (Fsp3) is 0.360. The fourth-order valence-electron chi connectivity index (χ4n) is 5.84. The van der Waals surface area contributed by atoms with Crippen LogP contribution >= 0.6 is 0 Å². The van der Waals surface area contributed by atoms with Crippen LogP contribution in [-0.2, 0) is 9.59 Å². The lowest BCUT2D eigenvalue weighted by Gasteiger charge is -2.37. The number of carbonyl (C=O) groups is 2. The van der Waals surface area contributed by atoms with E-state index >= 15 is 0 Å². The Morgan fingerprint density at radius 2 is 1.48 bits per heavy atom. The molecule has 4 aliphatic carbocycles. The number of amides is 2.